The van der Waals surface area contributed by atoms with Crippen LogP contribution in [-0.2, 0) is 24.2 Å². The monoisotopic (exact) mass is 545 g/mol. The third kappa shape index (κ3) is 8.20. The van der Waals surface area contributed by atoms with Gasteiger partial charge in [0.15, 0.2) is 0 Å². The van der Waals surface area contributed by atoms with Gasteiger partial charge >= 0.3 is 0 Å². The maximum atomic E-state index is 14.8. The quantitative estimate of drug-likeness (QED) is 0.291. The molecular weight excluding hydrogens is 511 g/mol. The Morgan fingerprint density at radius 2 is 1.79 bits per heavy atom. The van der Waals surface area contributed by atoms with E-state index in [1.54, 1.807) is 45.2 Å². The van der Waals surface area contributed by atoms with Crippen LogP contribution in [0.5, 0.6) is 11.6 Å². The molecule has 1 aromatic heterocycles. The van der Waals surface area contributed by atoms with Crippen LogP contribution in [0.1, 0.15) is 61.4 Å². The van der Waals surface area contributed by atoms with E-state index in [2.05, 4.69) is 11.9 Å². The molecule has 1 aliphatic carbocycles. The van der Waals surface area contributed by atoms with Crippen molar-refractivity contribution < 1.29 is 37.7 Å². The zero-order valence-corrected chi connectivity index (χ0v) is 22.5. The topological polar surface area (TPSA) is 88.9 Å². The molecule has 0 saturated carbocycles. The van der Waals surface area contributed by atoms with E-state index in [4.69, 9.17) is 19.4 Å². The number of nitrogens with zero attached hydrogens (tertiary/aromatic N) is 1. The number of aryl methyl sites for hydroxylation is 1. The molecule has 0 spiro atoms. The van der Waals surface area contributed by atoms with Gasteiger partial charge in [0.05, 0.1) is 12.2 Å². The van der Waals surface area contributed by atoms with Gasteiger partial charge in [0.2, 0.25) is 5.88 Å². The molecule has 2 aromatic carbocycles. The lowest BCUT2D eigenvalue weighted by molar-refractivity contribution is -0.122. The zero-order chi connectivity index (χ0) is 28.7. The van der Waals surface area contributed by atoms with Crippen LogP contribution in [0.2, 0.25) is 0 Å². The Morgan fingerprint density at radius 3 is 2.44 bits per heavy atom. The summed E-state index contributed by atoms with van der Waals surface area (Å²) in [6.07, 6.45) is 1.34. The van der Waals surface area contributed by atoms with Gasteiger partial charge in [-0.2, -0.15) is 0 Å². The first kappa shape index (κ1) is 30.0. The number of pyridine rings is 1. The van der Waals surface area contributed by atoms with Crippen molar-refractivity contribution in [3.63, 3.8) is 0 Å². The normalized spacial score (nSPS) is 14.4. The summed E-state index contributed by atoms with van der Waals surface area (Å²) in [6.45, 7) is 7.32. The number of carbonyl (C=O) groups is 1. The second-order valence-electron chi connectivity index (χ2n) is 10.4. The van der Waals surface area contributed by atoms with Crippen molar-refractivity contribution in [2.75, 3.05) is 6.61 Å². The highest BCUT2D eigenvalue weighted by atomic mass is 19.3. The summed E-state index contributed by atoms with van der Waals surface area (Å²) in [5.41, 5.74) is 2.86. The van der Waals surface area contributed by atoms with Gasteiger partial charge in [-0.05, 0) is 91.6 Å². The third-order valence-corrected chi connectivity index (χ3v) is 6.49. The third-order valence-electron chi connectivity index (χ3n) is 6.49. The Hall–Kier alpha value is -3.59. The van der Waals surface area contributed by atoms with Crippen molar-refractivity contribution >= 4 is 6.47 Å². The number of hydrogen-bond donors (Lipinski definition) is 2. The smallest absolute Gasteiger partial charge is 0.290 e. The Kier molecular flexibility index (Phi) is 9.97. The van der Waals surface area contributed by atoms with Crippen molar-refractivity contribution in [2.24, 2.45) is 5.92 Å². The zero-order valence-electron chi connectivity index (χ0n) is 22.5. The average molecular weight is 546 g/mol. The summed E-state index contributed by atoms with van der Waals surface area (Å²) < 4.78 is 54.0. The molecule has 0 aliphatic heterocycles. The molecular formula is C30H34F3NO5. The molecule has 4 rings (SSSR count). The highest BCUT2D eigenvalue weighted by molar-refractivity contribution is 5.72. The van der Waals surface area contributed by atoms with Crippen LogP contribution in [0, 0.1) is 18.7 Å². The number of ether oxygens (including phenoxy) is 2. The molecule has 0 saturated heterocycles. The molecule has 6 nitrogen and oxygen atoms in total. The molecule has 9 heteroatoms. The standard InChI is InChI=1S/C29H32F3NO3.CH2O2/c1-17-9-19-13-27(33-15-20(19)10-17)36-16-21-12-24(25(28(31)32)14-26(21)30)23-6-5-22(11-18(23)2)35-8-7-29(3,4)34;2-1-3/h5-6,11-15,17,28,34H,7-10,16H2,1-4H3;1H,(H,2,3). The molecule has 1 atom stereocenters. The molecule has 1 heterocycles. The van der Waals surface area contributed by atoms with Crippen molar-refractivity contribution in [1.82, 2.24) is 4.98 Å². The summed E-state index contributed by atoms with van der Waals surface area (Å²) >= 11 is 0. The SMILES string of the molecule is Cc1cc(OCCC(C)(C)O)ccc1-c1cc(COc2cc3c(cn2)CC(C)C3)c(F)cc1C(F)F.O=CO. The Labute approximate surface area is 226 Å². The number of carboxylic acid groups (broad SMARTS) is 1. The maximum absolute atomic E-state index is 14.8. The lowest BCUT2D eigenvalue weighted by atomic mass is 9.94. The second kappa shape index (κ2) is 13.0. The van der Waals surface area contributed by atoms with E-state index >= 15 is 0 Å². The van der Waals surface area contributed by atoms with Gasteiger partial charge in [-0.25, -0.2) is 18.2 Å². The van der Waals surface area contributed by atoms with Crippen molar-refractivity contribution in [1.29, 1.82) is 0 Å². The minimum Gasteiger partial charge on any atom is -0.493 e. The van der Waals surface area contributed by atoms with E-state index in [-0.39, 0.29) is 29.8 Å². The summed E-state index contributed by atoms with van der Waals surface area (Å²) in [5, 5.41) is 16.7. The van der Waals surface area contributed by atoms with Crippen LogP contribution in [0.25, 0.3) is 11.1 Å². The molecule has 0 amide bonds. The number of aromatic nitrogens is 1. The molecule has 0 fully saturated rings. The Balaban J connectivity index is 0.00000134. The minimum atomic E-state index is -2.84. The fourth-order valence-electron chi connectivity index (χ4n) is 4.54. The summed E-state index contributed by atoms with van der Waals surface area (Å²) in [5.74, 6) is 0.779. The van der Waals surface area contributed by atoms with E-state index in [1.165, 1.54) is 17.2 Å². The van der Waals surface area contributed by atoms with Crippen molar-refractivity contribution in [2.45, 2.75) is 65.6 Å². The van der Waals surface area contributed by atoms with Gasteiger partial charge in [-0.15, -0.1) is 0 Å². The predicted octanol–water partition coefficient (Wildman–Crippen LogP) is 6.69. The number of benzene rings is 2. The number of fused-ring (bicyclic) bond motifs is 1. The van der Waals surface area contributed by atoms with Crippen LogP contribution in [0.15, 0.2) is 42.6 Å². The number of hydrogen-bond acceptors (Lipinski definition) is 5. The molecule has 39 heavy (non-hydrogen) atoms. The van der Waals surface area contributed by atoms with Crippen LogP contribution < -0.4 is 9.47 Å². The fourth-order valence-corrected chi connectivity index (χ4v) is 4.54. The molecule has 2 N–H and O–H groups in total. The summed E-state index contributed by atoms with van der Waals surface area (Å²) in [4.78, 5) is 12.7. The van der Waals surface area contributed by atoms with Gasteiger partial charge in [0.1, 0.15) is 18.2 Å². The average Bonchev–Trinajstić information content (AvgIpc) is 3.22. The van der Waals surface area contributed by atoms with E-state index in [0.717, 1.165) is 18.9 Å². The van der Waals surface area contributed by atoms with Gasteiger partial charge in [0.25, 0.3) is 12.9 Å². The molecule has 3 aromatic rings. The molecule has 1 unspecified atom stereocenters. The van der Waals surface area contributed by atoms with E-state index in [1.807, 2.05) is 6.07 Å². The highest BCUT2D eigenvalue weighted by Crippen LogP contribution is 2.37. The largest absolute Gasteiger partial charge is 0.493 e. The molecule has 0 bridgehead atoms. The first-order chi connectivity index (χ1) is 18.4. The summed E-state index contributed by atoms with van der Waals surface area (Å²) in [7, 11) is 0. The fraction of sp³-hybridized carbons (Fsp3) is 0.400. The number of aliphatic hydroxyl groups is 1. The van der Waals surface area contributed by atoms with Gasteiger partial charge in [-0.1, -0.05) is 13.0 Å². The van der Waals surface area contributed by atoms with Crippen LogP contribution in [0.3, 0.4) is 0 Å². The minimum absolute atomic E-state index is 0.124. The Bertz CT molecular complexity index is 1290. The van der Waals surface area contributed by atoms with Crippen LogP contribution >= 0.6 is 0 Å². The van der Waals surface area contributed by atoms with Crippen LogP contribution in [-0.4, -0.2) is 33.9 Å². The van der Waals surface area contributed by atoms with E-state index in [9.17, 15) is 18.3 Å². The van der Waals surface area contributed by atoms with Gasteiger partial charge < -0.3 is 19.7 Å². The van der Waals surface area contributed by atoms with Crippen molar-refractivity contribution in [3.05, 3.63) is 76.2 Å². The molecule has 1 aliphatic rings. The maximum Gasteiger partial charge on any atom is 0.290 e. The molecule has 210 valence electrons. The lowest BCUT2D eigenvalue weighted by Gasteiger charge is -2.18. The van der Waals surface area contributed by atoms with Gasteiger partial charge in [0, 0.05) is 29.8 Å². The first-order valence-corrected chi connectivity index (χ1v) is 12.7. The Morgan fingerprint density at radius 1 is 1.10 bits per heavy atom. The predicted molar refractivity (Wildman–Crippen MR) is 142 cm³/mol. The summed E-state index contributed by atoms with van der Waals surface area (Å²) in [6, 6.07) is 9.35. The van der Waals surface area contributed by atoms with Gasteiger partial charge in [-0.3, -0.25) is 4.79 Å². The number of alkyl halides is 2. The first-order valence-electron chi connectivity index (χ1n) is 12.7. The van der Waals surface area contributed by atoms with E-state index in [0.29, 0.717) is 41.7 Å². The lowest BCUT2D eigenvalue weighted by Crippen LogP contribution is -2.21. The molecule has 0 radical (unpaired) electrons. The van der Waals surface area contributed by atoms with Crippen LogP contribution in [0.4, 0.5) is 13.2 Å². The highest BCUT2D eigenvalue weighted by Gasteiger charge is 2.22. The number of halogens is 3. The van der Waals surface area contributed by atoms with E-state index < -0.39 is 17.8 Å². The second-order valence-corrected chi connectivity index (χ2v) is 10.4. The number of rotatable bonds is 9. The van der Waals surface area contributed by atoms with Crippen molar-refractivity contribution in [3.8, 4) is 22.8 Å².